The average molecular weight is 448 g/mol. The van der Waals surface area contributed by atoms with Gasteiger partial charge >= 0.3 is 5.97 Å². The van der Waals surface area contributed by atoms with Crippen LogP contribution in [0.5, 0.6) is 0 Å². The van der Waals surface area contributed by atoms with Crippen molar-refractivity contribution in [2.45, 2.75) is 32.2 Å². The molecule has 3 rings (SSSR count). The third-order valence-electron chi connectivity index (χ3n) is 4.42. The minimum atomic E-state index is -3.97. The van der Waals surface area contributed by atoms with Gasteiger partial charge in [0.05, 0.1) is 5.75 Å². The SMILES string of the molecule is O=C(O)CCCC(=O)Nc1ccc2nc(-c3cc[n+](CCCS(=O)(=O)O)cc3)oc2c1. The number of fused-ring (bicyclic) bond motifs is 1. The van der Waals surface area contributed by atoms with Gasteiger partial charge in [-0.2, -0.15) is 8.42 Å². The van der Waals surface area contributed by atoms with Gasteiger partial charge in [0, 0.05) is 48.7 Å². The average Bonchev–Trinajstić information content (AvgIpc) is 3.10. The number of carboxylic acid groups (broad SMARTS) is 1. The number of rotatable bonds is 10. The first-order valence-corrected chi connectivity index (χ1v) is 11.2. The summed E-state index contributed by atoms with van der Waals surface area (Å²) in [4.78, 5) is 26.9. The third kappa shape index (κ3) is 6.86. The molecule has 0 fully saturated rings. The molecule has 31 heavy (non-hydrogen) atoms. The lowest BCUT2D eigenvalue weighted by Crippen LogP contribution is -2.33. The van der Waals surface area contributed by atoms with E-state index in [9.17, 15) is 18.0 Å². The standard InChI is InChI=1S/C20H21N3O7S/c24-18(3-1-4-19(25)26)21-15-5-6-16-17(13-15)30-20(22-16)14-7-10-23(11-8-14)9-2-12-31(27,28)29/h5-8,10-11,13H,1-4,9,12H2,(H2,25,26,27,28,29)/p+1. The number of carboxylic acids is 1. The summed E-state index contributed by atoms with van der Waals surface area (Å²) in [7, 11) is -3.97. The quantitative estimate of drug-likeness (QED) is 0.316. The molecule has 0 spiro atoms. The molecular formula is C20H22N3O7S+. The largest absolute Gasteiger partial charge is 0.481 e. The molecule has 11 heteroatoms. The van der Waals surface area contributed by atoms with Crippen LogP contribution in [0.1, 0.15) is 25.7 Å². The summed E-state index contributed by atoms with van der Waals surface area (Å²) in [5.41, 5.74) is 2.36. The highest BCUT2D eigenvalue weighted by atomic mass is 32.2. The molecule has 3 N–H and O–H groups in total. The Balaban J connectivity index is 1.64. The van der Waals surface area contributed by atoms with Crippen molar-refractivity contribution in [1.29, 1.82) is 0 Å². The smallest absolute Gasteiger partial charge is 0.303 e. The van der Waals surface area contributed by atoms with Crippen molar-refractivity contribution in [2.24, 2.45) is 0 Å². The predicted molar refractivity (Wildman–Crippen MR) is 111 cm³/mol. The minimum absolute atomic E-state index is 0.0600. The Morgan fingerprint density at radius 2 is 1.84 bits per heavy atom. The van der Waals surface area contributed by atoms with Crippen LogP contribution in [0.3, 0.4) is 0 Å². The van der Waals surface area contributed by atoms with E-state index >= 15 is 0 Å². The minimum Gasteiger partial charge on any atom is -0.481 e. The van der Waals surface area contributed by atoms with Gasteiger partial charge in [0.15, 0.2) is 18.0 Å². The van der Waals surface area contributed by atoms with Crippen LogP contribution in [-0.4, -0.2) is 40.7 Å². The van der Waals surface area contributed by atoms with Gasteiger partial charge in [-0.25, -0.2) is 9.55 Å². The van der Waals surface area contributed by atoms with E-state index < -0.39 is 16.1 Å². The molecule has 0 unspecified atom stereocenters. The second kappa shape index (κ2) is 9.67. The number of aromatic nitrogens is 2. The second-order valence-electron chi connectivity index (χ2n) is 6.96. The van der Waals surface area contributed by atoms with Crippen molar-refractivity contribution in [2.75, 3.05) is 11.1 Å². The number of oxazole rings is 1. The van der Waals surface area contributed by atoms with E-state index in [4.69, 9.17) is 14.1 Å². The van der Waals surface area contributed by atoms with Crippen molar-refractivity contribution in [1.82, 2.24) is 4.98 Å². The molecule has 1 amide bonds. The number of hydrogen-bond donors (Lipinski definition) is 3. The summed E-state index contributed by atoms with van der Waals surface area (Å²) in [6, 6.07) is 8.62. The number of carbonyl (C=O) groups excluding carboxylic acids is 1. The van der Waals surface area contributed by atoms with Crippen LogP contribution >= 0.6 is 0 Å². The Labute approximate surface area is 178 Å². The van der Waals surface area contributed by atoms with Gasteiger partial charge < -0.3 is 14.8 Å². The van der Waals surface area contributed by atoms with Crippen LogP contribution in [0.25, 0.3) is 22.6 Å². The first-order chi connectivity index (χ1) is 14.7. The lowest BCUT2D eigenvalue weighted by Gasteiger charge is -2.03. The zero-order valence-electron chi connectivity index (χ0n) is 16.5. The highest BCUT2D eigenvalue weighted by Crippen LogP contribution is 2.26. The maximum atomic E-state index is 11.9. The van der Waals surface area contributed by atoms with Gasteiger partial charge in [-0.1, -0.05) is 0 Å². The van der Waals surface area contributed by atoms with Crippen molar-refractivity contribution >= 4 is 38.8 Å². The normalized spacial score (nSPS) is 11.5. The summed E-state index contributed by atoms with van der Waals surface area (Å²) in [6.45, 7) is 0.434. The van der Waals surface area contributed by atoms with Gasteiger partial charge in [-0.3, -0.25) is 14.1 Å². The van der Waals surface area contributed by atoms with Gasteiger partial charge in [-0.15, -0.1) is 0 Å². The fourth-order valence-electron chi connectivity index (χ4n) is 2.93. The van der Waals surface area contributed by atoms with Gasteiger partial charge in [0.1, 0.15) is 12.1 Å². The molecule has 0 aliphatic rings. The van der Waals surface area contributed by atoms with Crippen molar-refractivity contribution in [3.8, 4) is 11.5 Å². The van der Waals surface area contributed by atoms with E-state index in [0.717, 1.165) is 5.56 Å². The molecule has 10 nitrogen and oxygen atoms in total. The number of nitrogens with one attached hydrogen (secondary N) is 1. The molecule has 2 heterocycles. The first-order valence-electron chi connectivity index (χ1n) is 9.56. The highest BCUT2D eigenvalue weighted by molar-refractivity contribution is 7.85. The molecule has 3 aromatic rings. The maximum absolute atomic E-state index is 11.9. The van der Waals surface area contributed by atoms with Crippen LogP contribution in [0.15, 0.2) is 47.1 Å². The van der Waals surface area contributed by atoms with Gasteiger partial charge in [-0.05, 0) is 18.6 Å². The molecule has 2 aromatic heterocycles. The number of hydrogen-bond acceptors (Lipinski definition) is 6. The Morgan fingerprint density at radius 3 is 2.52 bits per heavy atom. The van der Waals surface area contributed by atoms with Crippen LogP contribution < -0.4 is 9.88 Å². The van der Waals surface area contributed by atoms with Crippen molar-refractivity contribution < 1.29 is 36.7 Å². The molecule has 0 radical (unpaired) electrons. The first kappa shape index (κ1) is 22.4. The number of anilines is 1. The van der Waals surface area contributed by atoms with Gasteiger partial charge in [0.2, 0.25) is 11.8 Å². The van der Waals surface area contributed by atoms with Crippen LogP contribution in [0.2, 0.25) is 0 Å². The summed E-state index contributed by atoms with van der Waals surface area (Å²) >= 11 is 0. The van der Waals surface area contributed by atoms with E-state index in [1.165, 1.54) is 0 Å². The number of aryl methyl sites for hydroxylation is 1. The summed E-state index contributed by atoms with van der Waals surface area (Å²) in [5, 5.41) is 11.3. The number of carbonyl (C=O) groups is 2. The maximum Gasteiger partial charge on any atom is 0.303 e. The summed E-state index contributed by atoms with van der Waals surface area (Å²) in [5.74, 6) is -1.12. The van der Waals surface area contributed by atoms with Crippen LogP contribution in [0.4, 0.5) is 5.69 Å². The molecule has 164 valence electrons. The zero-order chi connectivity index (χ0) is 22.4. The number of nitrogens with zero attached hydrogens (tertiary/aromatic N) is 2. The highest BCUT2D eigenvalue weighted by Gasteiger charge is 2.13. The summed E-state index contributed by atoms with van der Waals surface area (Å²) in [6.07, 6.45) is 4.12. The third-order valence-corrected chi connectivity index (χ3v) is 5.23. The van der Waals surface area contributed by atoms with Crippen molar-refractivity contribution in [3.05, 3.63) is 42.7 Å². The predicted octanol–water partition coefficient (Wildman–Crippen LogP) is 2.25. The number of amides is 1. The molecule has 0 atom stereocenters. The number of aliphatic carboxylic acids is 1. The Hall–Kier alpha value is -3.31. The molecule has 0 saturated carbocycles. The van der Waals surface area contributed by atoms with Crippen LogP contribution in [0, 0.1) is 0 Å². The Morgan fingerprint density at radius 1 is 1.10 bits per heavy atom. The lowest BCUT2D eigenvalue weighted by atomic mass is 10.2. The Kier molecular flexibility index (Phi) is 6.98. The fraction of sp³-hybridized carbons (Fsp3) is 0.300. The van der Waals surface area contributed by atoms with E-state index in [2.05, 4.69) is 10.3 Å². The fourth-order valence-corrected chi connectivity index (χ4v) is 3.42. The van der Waals surface area contributed by atoms with E-state index in [1.54, 1.807) is 47.3 Å². The molecule has 1 aromatic carbocycles. The lowest BCUT2D eigenvalue weighted by molar-refractivity contribution is -0.696. The van der Waals surface area contributed by atoms with Crippen LogP contribution in [-0.2, 0) is 26.3 Å². The Bertz CT molecular complexity index is 1190. The topological polar surface area (TPSA) is 151 Å². The summed E-state index contributed by atoms with van der Waals surface area (Å²) < 4.78 is 37.9. The van der Waals surface area contributed by atoms with Crippen molar-refractivity contribution in [3.63, 3.8) is 0 Å². The second-order valence-corrected chi connectivity index (χ2v) is 8.53. The molecule has 0 saturated heterocycles. The number of pyridine rings is 1. The van der Waals surface area contributed by atoms with E-state index in [1.807, 2.05) is 0 Å². The van der Waals surface area contributed by atoms with E-state index in [-0.39, 0.29) is 37.3 Å². The molecule has 0 bridgehead atoms. The molecule has 0 aliphatic heterocycles. The molecular weight excluding hydrogens is 426 g/mol. The zero-order valence-corrected chi connectivity index (χ0v) is 17.3. The van der Waals surface area contributed by atoms with Gasteiger partial charge in [0.25, 0.3) is 10.1 Å². The monoisotopic (exact) mass is 448 g/mol. The molecule has 0 aliphatic carbocycles. The number of benzene rings is 1. The van der Waals surface area contributed by atoms with E-state index in [0.29, 0.717) is 29.2 Å².